The van der Waals surface area contributed by atoms with Crippen molar-refractivity contribution in [3.63, 3.8) is 0 Å². The lowest BCUT2D eigenvalue weighted by Crippen LogP contribution is -2.33. The third kappa shape index (κ3) is 6.82. The fourth-order valence-corrected chi connectivity index (χ4v) is 4.36. The van der Waals surface area contributed by atoms with Crippen LogP contribution in [-0.4, -0.2) is 62.7 Å². The number of aromatic amines is 1. The van der Waals surface area contributed by atoms with Crippen LogP contribution in [0, 0.1) is 6.92 Å². The molecular formula is C17H30N3O9P. The monoisotopic (exact) mass is 451 g/mol. The number of phosphoric ester groups is 1. The SMILES string of the molecule is Cc1cn([C@H]2C[C@H](OP(=O)(O)OC(CO)CCCCCN)[C@@H](CO)O2)c(=O)[nH]c1=O. The molecule has 12 nitrogen and oxygen atoms in total. The van der Waals surface area contributed by atoms with Crippen LogP contribution in [0.1, 0.15) is 43.9 Å². The van der Waals surface area contributed by atoms with Crippen molar-refractivity contribution in [3.05, 3.63) is 32.6 Å². The van der Waals surface area contributed by atoms with Gasteiger partial charge in [0.2, 0.25) is 0 Å². The molecular weight excluding hydrogens is 421 g/mol. The molecule has 1 aromatic rings. The highest BCUT2D eigenvalue weighted by Gasteiger charge is 2.42. The fourth-order valence-electron chi connectivity index (χ4n) is 3.20. The van der Waals surface area contributed by atoms with Gasteiger partial charge >= 0.3 is 13.5 Å². The number of nitrogens with zero attached hydrogens (tertiary/aromatic N) is 1. The average molecular weight is 451 g/mol. The molecule has 0 aromatic carbocycles. The van der Waals surface area contributed by atoms with Gasteiger partial charge in [0.15, 0.2) is 0 Å². The lowest BCUT2D eigenvalue weighted by Gasteiger charge is -2.23. The third-order valence-electron chi connectivity index (χ3n) is 4.80. The minimum atomic E-state index is -4.59. The molecule has 2 rings (SSSR count). The highest BCUT2D eigenvalue weighted by Crippen LogP contribution is 2.49. The number of aliphatic hydroxyl groups is 2. The summed E-state index contributed by atoms with van der Waals surface area (Å²) in [6.07, 6.45) is 0.0230. The van der Waals surface area contributed by atoms with Crippen LogP contribution in [0.25, 0.3) is 0 Å². The first kappa shape index (κ1) is 24.9. The van der Waals surface area contributed by atoms with Crippen LogP contribution in [0.3, 0.4) is 0 Å². The molecule has 172 valence electrons. The number of aliphatic hydroxyl groups excluding tert-OH is 2. The normalized spacial score (nSPS) is 24.6. The molecule has 5 atom stereocenters. The molecule has 1 aliphatic rings. The molecule has 13 heteroatoms. The smallest absolute Gasteiger partial charge is 0.394 e. The Morgan fingerprint density at radius 1 is 1.37 bits per heavy atom. The Kier molecular flexibility index (Phi) is 9.38. The number of unbranched alkanes of at least 4 members (excludes halogenated alkanes) is 2. The molecule has 1 saturated heterocycles. The van der Waals surface area contributed by atoms with Gasteiger partial charge in [0.25, 0.3) is 5.56 Å². The van der Waals surface area contributed by atoms with Crippen molar-refractivity contribution in [3.8, 4) is 0 Å². The van der Waals surface area contributed by atoms with Crippen molar-refractivity contribution in [2.24, 2.45) is 5.73 Å². The van der Waals surface area contributed by atoms with Crippen LogP contribution in [0.4, 0.5) is 0 Å². The van der Waals surface area contributed by atoms with E-state index in [4.69, 9.17) is 19.5 Å². The molecule has 1 aliphatic heterocycles. The molecule has 1 fully saturated rings. The van der Waals surface area contributed by atoms with Crippen LogP contribution in [0.15, 0.2) is 15.8 Å². The Morgan fingerprint density at radius 3 is 2.73 bits per heavy atom. The first-order chi connectivity index (χ1) is 14.2. The number of ether oxygens (including phenoxy) is 1. The summed E-state index contributed by atoms with van der Waals surface area (Å²) in [6, 6.07) is 0. The fraction of sp³-hybridized carbons (Fsp3) is 0.765. The van der Waals surface area contributed by atoms with E-state index in [1.807, 2.05) is 0 Å². The number of nitrogens with two attached hydrogens (primary N) is 1. The second kappa shape index (κ2) is 11.3. The number of hydrogen-bond donors (Lipinski definition) is 5. The lowest BCUT2D eigenvalue weighted by atomic mass is 10.1. The van der Waals surface area contributed by atoms with Gasteiger partial charge in [0.05, 0.1) is 19.3 Å². The molecule has 0 amide bonds. The summed E-state index contributed by atoms with van der Waals surface area (Å²) in [5.74, 6) is 0. The Balaban J connectivity index is 2.03. The van der Waals surface area contributed by atoms with E-state index in [0.29, 0.717) is 19.4 Å². The first-order valence-electron chi connectivity index (χ1n) is 9.79. The van der Waals surface area contributed by atoms with Crippen molar-refractivity contribution in [1.29, 1.82) is 0 Å². The van der Waals surface area contributed by atoms with E-state index in [2.05, 4.69) is 4.98 Å². The van der Waals surface area contributed by atoms with Crippen molar-refractivity contribution in [2.45, 2.75) is 63.6 Å². The van der Waals surface area contributed by atoms with E-state index in [1.165, 1.54) is 13.1 Å². The van der Waals surface area contributed by atoms with E-state index in [-0.39, 0.29) is 12.0 Å². The van der Waals surface area contributed by atoms with E-state index >= 15 is 0 Å². The van der Waals surface area contributed by atoms with E-state index in [0.717, 1.165) is 17.4 Å². The first-order valence-corrected chi connectivity index (χ1v) is 11.3. The zero-order valence-corrected chi connectivity index (χ0v) is 17.7. The molecule has 0 saturated carbocycles. The maximum Gasteiger partial charge on any atom is 0.472 e. The number of H-pyrrole nitrogens is 1. The molecule has 30 heavy (non-hydrogen) atoms. The van der Waals surface area contributed by atoms with Crippen molar-refractivity contribution >= 4 is 7.82 Å². The zero-order valence-electron chi connectivity index (χ0n) is 16.8. The molecule has 6 N–H and O–H groups in total. The van der Waals surface area contributed by atoms with Crippen LogP contribution in [0.5, 0.6) is 0 Å². The van der Waals surface area contributed by atoms with Gasteiger partial charge in [-0.25, -0.2) is 9.36 Å². The molecule has 0 radical (unpaired) electrons. The Hall–Kier alpha value is -1.37. The summed E-state index contributed by atoms with van der Waals surface area (Å²) in [6.45, 7) is 1.06. The third-order valence-corrected chi connectivity index (χ3v) is 5.90. The maximum absolute atomic E-state index is 12.4. The average Bonchev–Trinajstić information content (AvgIpc) is 3.08. The van der Waals surface area contributed by atoms with Gasteiger partial charge in [-0.1, -0.05) is 12.8 Å². The van der Waals surface area contributed by atoms with Gasteiger partial charge < -0.3 is 25.6 Å². The van der Waals surface area contributed by atoms with Crippen LogP contribution >= 0.6 is 7.82 Å². The quantitative estimate of drug-likeness (QED) is 0.205. The minimum absolute atomic E-state index is 0.0369. The molecule has 2 heterocycles. The van der Waals surface area contributed by atoms with Crippen LogP contribution < -0.4 is 17.0 Å². The number of hydrogen-bond acceptors (Lipinski definition) is 9. The standard InChI is InChI=1S/C17H30N3O9P/c1-11-8-20(17(24)19-16(11)23)15-7-13(14(10-22)27-15)29-30(25,26)28-12(9-21)5-3-2-4-6-18/h8,12-15,21-22H,2-7,9-10,18H2,1H3,(H,25,26)(H,19,23,24)/t12?,13-,14+,15+/m0/s1. The predicted octanol–water partition coefficient (Wildman–Crippen LogP) is -0.493. The van der Waals surface area contributed by atoms with Gasteiger partial charge in [-0.2, -0.15) is 0 Å². The van der Waals surface area contributed by atoms with E-state index in [1.54, 1.807) is 0 Å². The summed E-state index contributed by atoms with van der Waals surface area (Å²) in [5.41, 5.74) is 4.45. The molecule has 1 aromatic heterocycles. The van der Waals surface area contributed by atoms with Gasteiger partial charge in [-0.05, 0) is 26.3 Å². The van der Waals surface area contributed by atoms with Gasteiger partial charge in [0.1, 0.15) is 18.4 Å². The van der Waals surface area contributed by atoms with Crippen molar-refractivity contribution < 1.29 is 33.5 Å². The molecule has 0 bridgehead atoms. The highest BCUT2D eigenvalue weighted by molar-refractivity contribution is 7.47. The van der Waals surface area contributed by atoms with E-state index < -0.39 is 56.8 Å². The Bertz CT molecular complexity index is 842. The topological polar surface area (TPSA) is 186 Å². The van der Waals surface area contributed by atoms with Gasteiger partial charge in [-0.3, -0.25) is 23.4 Å². The summed E-state index contributed by atoms with van der Waals surface area (Å²) in [4.78, 5) is 35.8. The van der Waals surface area contributed by atoms with Gasteiger partial charge in [0, 0.05) is 18.2 Å². The number of aromatic nitrogens is 2. The molecule has 0 spiro atoms. The summed E-state index contributed by atoms with van der Waals surface area (Å²) in [5, 5.41) is 19.0. The number of rotatable bonds is 12. The minimum Gasteiger partial charge on any atom is -0.394 e. The zero-order chi connectivity index (χ0) is 22.3. The Labute approximate surface area is 173 Å². The van der Waals surface area contributed by atoms with E-state index in [9.17, 15) is 29.3 Å². The lowest BCUT2D eigenvalue weighted by molar-refractivity contribution is -0.0487. The van der Waals surface area contributed by atoms with Crippen LogP contribution in [-0.2, 0) is 18.3 Å². The second-order valence-electron chi connectivity index (χ2n) is 7.19. The van der Waals surface area contributed by atoms with Crippen molar-refractivity contribution in [1.82, 2.24) is 9.55 Å². The number of aryl methyl sites for hydroxylation is 1. The summed E-state index contributed by atoms with van der Waals surface area (Å²) < 4.78 is 29.4. The summed E-state index contributed by atoms with van der Waals surface area (Å²) >= 11 is 0. The predicted molar refractivity (Wildman–Crippen MR) is 106 cm³/mol. The molecule has 2 unspecified atom stereocenters. The summed E-state index contributed by atoms with van der Waals surface area (Å²) in [7, 11) is -4.59. The Morgan fingerprint density at radius 2 is 2.10 bits per heavy atom. The largest absolute Gasteiger partial charge is 0.472 e. The highest BCUT2D eigenvalue weighted by atomic mass is 31.2. The maximum atomic E-state index is 12.4. The second-order valence-corrected chi connectivity index (χ2v) is 8.55. The number of nitrogens with one attached hydrogen (secondary N) is 1. The van der Waals surface area contributed by atoms with Crippen LogP contribution in [0.2, 0.25) is 0 Å². The molecule has 0 aliphatic carbocycles. The number of phosphoric acid groups is 1. The van der Waals surface area contributed by atoms with Crippen molar-refractivity contribution in [2.75, 3.05) is 19.8 Å². The van der Waals surface area contributed by atoms with Gasteiger partial charge in [-0.15, -0.1) is 0 Å².